The van der Waals surface area contributed by atoms with Crippen LogP contribution in [-0.4, -0.2) is 16.2 Å². The van der Waals surface area contributed by atoms with Gasteiger partial charge in [0.15, 0.2) is 0 Å². The van der Waals surface area contributed by atoms with Crippen LogP contribution in [0.3, 0.4) is 0 Å². The molecule has 0 aliphatic carbocycles. The first-order valence-corrected chi connectivity index (χ1v) is 8.72. The molecule has 0 aromatic heterocycles. The van der Waals surface area contributed by atoms with Crippen molar-refractivity contribution in [2.45, 2.75) is 35.7 Å². The average molecular weight is 157 g/mol. The molecule has 0 radical (unpaired) electrons. The van der Waals surface area contributed by atoms with Crippen LogP contribution in [0.4, 0.5) is 0 Å². The van der Waals surface area contributed by atoms with Gasteiger partial charge in [-0.25, -0.2) is 0 Å². The molecule has 0 bridgehead atoms. The summed E-state index contributed by atoms with van der Waals surface area (Å²) in [7, 11) is 0. The van der Waals surface area contributed by atoms with Crippen molar-refractivity contribution in [2.24, 2.45) is 0 Å². The number of rotatable bonds is 2. The molecule has 0 spiro atoms. The minimum atomic E-state index is -0.660. The van der Waals surface area contributed by atoms with Gasteiger partial charge in [-0.05, 0) is 0 Å². The van der Waals surface area contributed by atoms with Crippen LogP contribution < -0.4 is 0 Å². The Morgan fingerprint density at radius 1 is 1.43 bits per heavy atom. The van der Waals surface area contributed by atoms with Crippen LogP contribution in [0.25, 0.3) is 0 Å². The van der Waals surface area contributed by atoms with E-state index in [-0.39, 0.29) is 0 Å². The fourth-order valence-corrected chi connectivity index (χ4v) is 2.45. The summed E-state index contributed by atoms with van der Waals surface area (Å²) in [4.78, 5) is 1.50. The van der Waals surface area contributed by atoms with Crippen LogP contribution in [0.2, 0.25) is 14.9 Å². The summed E-state index contributed by atoms with van der Waals surface area (Å²) < 4.78 is 1.05. The van der Waals surface area contributed by atoms with Crippen LogP contribution in [0.1, 0.15) is 20.8 Å². The fraction of sp³-hybridized carbons (Fsp3) is 1.00. The molecule has 0 amide bonds. The fourth-order valence-electron chi connectivity index (χ4n) is 0.471. The third-order valence-electron chi connectivity index (χ3n) is 1.78. The SMILES string of the molecule is C[CH2][Ga]([CH3])[CH](C)C. The molecule has 0 heterocycles. The molecular formula is C6H15Ga. The molecule has 0 fully saturated rings. The zero-order chi connectivity index (χ0) is 5.86. The van der Waals surface area contributed by atoms with E-state index in [0.29, 0.717) is 0 Å². The molecule has 0 nitrogen and oxygen atoms in total. The monoisotopic (exact) mass is 156 g/mol. The molecule has 0 aliphatic rings. The first-order chi connectivity index (χ1) is 3.18. The Kier molecular flexibility index (Phi) is 3.94. The second kappa shape index (κ2) is 3.62. The molecule has 0 aromatic carbocycles. The molecule has 0 N–H and O–H groups in total. The summed E-state index contributed by atoms with van der Waals surface area (Å²) in [5.41, 5.74) is 2.48. The number of hydrogen-bond acceptors (Lipinski definition) is 0. The molecule has 0 saturated heterocycles. The summed E-state index contributed by atoms with van der Waals surface area (Å²) in [6, 6.07) is 0. The van der Waals surface area contributed by atoms with Gasteiger partial charge in [-0.2, -0.15) is 0 Å². The summed E-state index contributed by atoms with van der Waals surface area (Å²) >= 11 is -0.660. The predicted molar refractivity (Wildman–Crippen MR) is 37.2 cm³/mol. The third kappa shape index (κ3) is 3.24. The molecule has 7 heavy (non-hydrogen) atoms. The van der Waals surface area contributed by atoms with Crippen molar-refractivity contribution >= 4 is 16.2 Å². The van der Waals surface area contributed by atoms with E-state index in [2.05, 4.69) is 26.2 Å². The van der Waals surface area contributed by atoms with Crippen molar-refractivity contribution in [3.63, 3.8) is 0 Å². The van der Waals surface area contributed by atoms with Gasteiger partial charge in [0, 0.05) is 0 Å². The second-order valence-corrected chi connectivity index (χ2v) is 11.2. The normalized spacial score (nSPS) is 9.86. The van der Waals surface area contributed by atoms with Crippen molar-refractivity contribution in [3.8, 4) is 0 Å². The summed E-state index contributed by atoms with van der Waals surface area (Å²) in [6.45, 7) is 7.03. The van der Waals surface area contributed by atoms with Gasteiger partial charge >= 0.3 is 51.9 Å². The van der Waals surface area contributed by atoms with Crippen LogP contribution >= 0.6 is 0 Å². The summed E-state index contributed by atoms with van der Waals surface area (Å²) in [6.07, 6.45) is 0. The van der Waals surface area contributed by atoms with Crippen LogP contribution in [-0.2, 0) is 0 Å². The van der Waals surface area contributed by atoms with E-state index in [0.717, 1.165) is 4.47 Å². The Morgan fingerprint density at radius 3 is 1.86 bits per heavy atom. The summed E-state index contributed by atoms with van der Waals surface area (Å²) in [5, 5.41) is 0. The van der Waals surface area contributed by atoms with E-state index >= 15 is 0 Å². The van der Waals surface area contributed by atoms with Crippen LogP contribution in [0.15, 0.2) is 0 Å². The molecular weight excluding hydrogens is 142 g/mol. The van der Waals surface area contributed by atoms with E-state index in [1.807, 2.05) is 0 Å². The molecule has 0 aromatic rings. The predicted octanol–water partition coefficient (Wildman–Crippen LogP) is 2.54. The number of hydrogen-bond donors (Lipinski definition) is 0. The Morgan fingerprint density at radius 2 is 1.86 bits per heavy atom. The molecule has 42 valence electrons. The van der Waals surface area contributed by atoms with Crippen LogP contribution in [0, 0.1) is 0 Å². The maximum absolute atomic E-state index is 2.48. The first-order valence-electron chi connectivity index (χ1n) is 3.18. The van der Waals surface area contributed by atoms with Crippen molar-refractivity contribution in [3.05, 3.63) is 0 Å². The zero-order valence-corrected chi connectivity index (χ0v) is 8.28. The van der Waals surface area contributed by atoms with E-state index < -0.39 is 16.2 Å². The molecule has 0 atom stereocenters. The quantitative estimate of drug-likeness (QED) is 0.540. The van der Waals surface area contributed by atoms with Crippen molar-refractivity contribution < 1.29 is 0 Å². The van der Waals surface area contributed by atoms with Gasteiger partial charge in [-0.3, -0.25) is 0 Å². The molecule has 0 unspecified atom stereocenters. The Balaban J connectivity index is 3.14. The summed E-state index contributed by atoms with van der Waals surface area (Å²) in [5.74, 6) is 0. The standard InChI is InChI=1S/C3H7.C2H5.CH3.Ga/c1-3-2;1-2;;/h3H,1-2H3;1H2,2H3;1H3;. The van der Waals surface area contributed by atoms with Gasteiger partial charge in [0.25, 0.3) is 0 Å². The third-order valence-corrected chi connectivity index (χ3v) is 9.26. The Labute approximate surface area is 52.3 Å². The van der Waals surface area contributed by atoms with E-state index in [9.17, 15) is 0 Å². The first kappa shape index (κ1) is 7.64. The van der Waals surface area contributed by atoms with Crippen molar-refractivity contribution in [1.82, 2.24) is 0 Å². The molecule has 0 saturated carbocycles. The molecule has 0 rings (SSSR count). The van der Waals surface area contributed by atoms with Gasteiger partial charge in [-0.15, -0.1) is 0 Å². The van der Waals surface area contributed by atoms with Crippen molar-refractivity contribution in [2.75, 3.05) is 0 Å². The van der Waals surface area contributed by atoms with Crippen LogP contribution in [0.5, 0.6) is 0 Å². The van der Waals surface area contributed by atoms with E-state index in [1.54, 1.807) is 0 Å². The zero-order valence-electron chi connectivity index (χ0n) is 5.86. The topological polar surface area (TPSA) is 0 Å². The Bertz CT molecular complexity index is 41.4. The van der Waals surface area contributed by atoms with E-state index in [4.69, 9.17) is 0 Å². The van der Waals surface area contributed by atoms with Gasteiger partial charge in [-0.1, -0.05) is 0 Å². The minimum absolute atomic E-state index is 0.660. The van der Waals surface area contributed by atoms with Gasteiger partial charge in [0.2, 0.25) is 0 Å². The van der Waals surface area contributed by atoms with Gasteiger partial charge < -0.3 is 0 Å². The molecule has 0 aliphatic heterocycles. The second-order valence-electron chi connectivity index (χ2n) is 2.63. The van der Waals surface area contributed by atoms with Crippen molar-refractivity contribution in [1.29, 1.82) is 0 Å². The average Bonchev–Trinajstić information content (AvgIpc) is 1.65. The van der Waals surface area contributed by atoms with E-state index in [1.165, 1.54) is 4.98 Å². The maximum atomic E-state index is 2.48. The van der Waals surface area contributed by atoms with Gasteiger partial charge in [0.1, 0.15) is 0 Å². The van der Waals surface area contributed by atoms with Gasteiger partial charge in [0.05, 0.1) is 0 Å². The Hall–Kier alpha value is 0.636. The molecule has 1 heteroatoms.